The number of halogens is 1. The van der Waals surface area contributed by atoms with Crippen molar-refractivity contribution in [2.24, 2.45) is 0 Å². The van der Waals surface area contributed by atoms with Crippen LogP contribution >= 0.6 is 11.6 Å². The molecule has 7 heteroatoms. The van der Waals surface area contributed by atoms with Crippen molar-refractivity contribution in [2.75, 3.05) is 57.1 Å². The second kappa shape index (κ2) is 6.98. The van der Waals surface area contributed by atoms with Crippen molar-refractivity contribution in [3.63, 3.8) is 0 Å². The van der Waals surface area contributed by atoms with Crippen LogP contribution in [-0.4, -0.2) is 62.4 Å². The van der Waals surface area contributed by atoms with Gasteiger partial charge in [0.25, 0.3) is 0 Å². The summed E-state index contributed by atoms with van der Waals surface area (Å²) in [5.41, 5.74) is 7.25. The van der Waals surface area contributed by atoms with E-state index in [2.05, 4.69) is 9.80 Å². The van der Waals surface area contributed by atoms with Crippen molar-refractivity contribution in [1.29, 1.82) is 0 Å². The van der Waals surface area contributed by atoms with Gasteiger partial charge in [-0.2, -0.15) is 0 Å². The van der Waals surface area contributed by atoms with Crippen LogP contribution in [0.3, 0.4) is 0 Å². The standard InChI is InChI=1S/C14H20ClN3O3/c1-21-14(20)11-8-10(16)9-12(15)13(11)18-4-2-17(3-5-18)6-7-19/h8-9,19H,2-7,16H2,1H3. The first kappa shape index (κ1) is 15.9. The molecule has 3 N–H and O–H groups in total. The van der Waals surface area contributed by atoms with Crippen LogP contribution in [0.2, 0.25) is 5.02 Å². The Morgan fingerprint density at radius 1 is 1.38 bits per heavy atom. The molecule has 0 aromatic heterocycles. The number of piperazine rings is 1. The number of rotatable bonds is 4. The number of β-amino-alcohol motifs (C(OH)–C–C–N with tert-alkyl or cyclic N) is 1. The van der Waals surface area contributed by atoms with Crippen molar-refractivity contribution in [1.82, 2.24) is 4.90 Å². The molecule has 1 aromatic carbocycles. The van der Waals surface area contributed by atoms with Gasteiger partial charge in [-0.15, -0.1) is 0 Å². The van der Waals surface area contributed by atoms with Crippen LogP contribution < -0.4 is 10.6 Å². The minimum Gasteiger partial charge on any atom is -0.465 e. The number of ether oxygens (including phenoxy) is 1. The van der Waals surface area contributed by atoms with E-state index in [4.69, 9.17) is 27.2 Å². The van der Waals surface area contributed by atoms with E-state index in [0.717, 1.165) is 26.2 Å². The molecule has 1 aliphatic heterocycles. The van der Waals surface area contributed by atoms with E-state index >= 15 is 0 Å². The molecule has 0 amide bonds. The van der Waals surface area contributed by atoms with E-state index in [0.29, 0.717) is 28.5 Å². The maximum Gasteiger partial charge on any atom is 0.340 e. The fourth-order valence-corrected chi connectivity index (χ4v) is 2.89. The summed E-state index contributed by atoms with van der Waals surface area (Å²) in [6.07, 6.45) is 0. The Hall–Kier alpha value is -1.50. The summed E-state index contributed by atoms with van der Waals surface area (Å²) in [4.78, 5) is 16.2. The highest BCUT2D eigenvalue weighted by Crippen LogP contribution is 2.33. The number of esters is 1. The number of methoxy groups -OCH3 is 1. The first-order valence-electron chi connectivity index (χ1n) is 6.82. The maximum absolute atomic E-state index is 11.9. The van der Waals surface area contributed by atoms with Gasteiger partial charge in [0.15, 0.2) is 0 Å². The molecule has 116 valence electrons. The summed E-state index contributed by atoms with van der Waals surface area (Å²) in [6.45, 7) is 3.88. The number of anilines is 2. The van der Waals surface area contributed by atoms with Gasteiger partial charge in [-0.05, 0) is 12.1 Å². The van der Waals surface area contributed by atoms with Crippen LogP contribution in [-0.2, 0) is 4.74 Å². The Labute approximate surface area is 129 Å². The quantitative estimate of drug-likeness (QED) is 0.633. The van der Waals surface area contributed by atoms with Crippen LogP contribution in [0.4, 0.5) is 11.4 Å². The summed E-state index contributed by atoms with van der Waals surface area (Å²) in [7, 11) is 1.34. The molecule has 0 spiro atoms. The van der Waals surface area contributed by atoms with Gasteiger partial charge in [-0.3, -0.25) is 4.90 Å². The number of nitrogens with two attached hydrogens (primary N) is 1. The number of aliphatic hydroxyl groups excluding tert-OH is 1. The first-order chi connectivity index (χ1) is 10.1. The van der Waals surface area contributed by atoms with Gasteiger partial charge in [0.05, 0.1) is 30.0 Å². The third kappa shape index (κ3) is 3.58. The van der Waals surface area contributed by atoms with E-state index in [-0.39, 0.29) is 6.61 Å². The average molecular weight is 314 g/mol. The Bertz CT molecular complexity index is 516. The predicted octanol–water partition coefficient (Wildman–Crippen LogP) is 0.823. The Balaban J connectivity index is 2.25. The third-order valence-electron chi connectivity index (χ3n) is 3.60. The Kier molecular flexibility index (Phi) is 5.27. The largest absolute Gasteiger partial charge is 0.465 e. The SMILES string of the molecule is COC(=O)c1cc(N)cc(Cl)c1N1CCN(CCO)CC1. The van der Waals surface area contributed by atoms with Gasteiger partial charge in [0, 0.05) is 38.4 Å². The number of benzene rings is 1. The lowest BCUT2D eigenvalue weighted by Crippen LogP contribution is -2.47. The zero-order valence-corrected chi connectivity index (χ0v) is 12.8. The smallest absolute Gasteiger partial charge is 0.340 e. The molecule has 6 nitrogen and oxygen atoms in total. The number of carbonyl (C=O) groups excluding carboxylic acids is 1. The number of nitrogen functional groups attached to an aromatic ring is 1. The van der Waals surface area contributed by atoms with E-state index in [1.807, 2.05) is 0 Å². The molecular weight excluding hydrogens is 294 g/mol. The van der Waals surface area contributed by atoms with E-state index < -0.39 is 5.97 Å². The first-order valence-corrected chi connectivity index (χ1v) is 7.20. The lowest BCUT2D eigenvalue weighted by Gasteiger charge is -2.36. The summed E-state index contributed by atoms with van der Waals surface area (Å²) < 4.78 is 4.81. The monoisotopic (exact) mass is 313 g/mol. The molecule has 0 unspecified atom stereocenters. The van der Waals surface area contributed by atoms with Crippen molar-refractivity contribution in [3.05, 3.63) is 22.7 Å². The highest BCUT2D eigenvalue weighted by Gasteiger charge is 2.24. The van der Waals surface area contributed by atoms with Crippen LogP contribution in [0.25, 0.3) is 0 Å². The summed E-state index contributed by atoms with van der Waals surface area (Å²) in [6, 6.07) is 3.23. The van der Waals surface area contributed by atoms with Gasteiger partial charge in [0.2, 0.25) is 0 Å². The van der Waals surface area contributed by atoms with Gasteiger partial charge in [-0.1, -0.05) is 11.6 Å². The molecule has 2 rings (SSSR count). The molecule has 0 atom stereocenters. The minimum atomic E-state index is -0.447. The van der Waals surface area contributed by atoms with Crippen molar-refractivity contribution in [2.45, 2.75) is 0 Å². The molecule has 1 fully saturated rings. The van der Waals surface area contributed by atoms with Gasteiger partial charge in [-0.25, -0.2) is 4.79 Å². The molecule has 0 saturated carbocycles. The molecule has 1 heterocycles. The fourth-order valence-electron chi connectivity index (χ4n) is 2.54. The second-order valence-electron chi connectivity index (χ2n) is 4.94. The predicted molar refractivity (Wildman–Crippen MR) is 82.9 cm³/mol. The van der Waals surface area contributed by atoms with E-state index in [9.17, 15) is 4.79 Å². The molecule has 1 aromatic rings. The van der Waals surface area contributed by atoms with Crippen LogP contribution in [0, 0.1) is 0 Å². The number of nitrogens with zero attached hydrogens (tertiary/aromatic N) is 2. The normalized spacial score (nSPS) is 16.0. The number of hydrogen-bond acceptors (Lipinski definition) is 6. The van der Waals surface area contributed by atoms with Crippen molar-refractivity contribution >= 4 is 28.9 Å². The highest BCUT2D eigenvalue weighted by molar-refractivity contribution is 6.34. The molecule has 0 aliphatic carbocycles. The number of hydrogen-bond donors (Lipinski definition) is 2. The molecule has 0 bridgehead atoms. The summed E-state index contributed by atoms with van der Waals surface area (Å²) >= 11 is 6.28. The number of carbonyl (C=O) groups is 1. The van der Waals surface area contributed by atoms with Crippen molar-refractivity contribution < 1.29 is 14.6 Å². The van der Waals surface area contributed by atoms with E-state index in [1.165, 1.54) is 7.11 Å². The maximum atomic E-state index is 11.9. The molecule has 0 radical (unpaired) electrons. The van der Waals surface area contributed by atoms with Crippen LogP contribution in [0.15, 0.2) is 12.1 Å². The van der Waals surface area contributed by atoms with Crippen molar-refractivity contribution in [3.8, 4) is 0 Å². The third-order valence-corrected chi connectivity index (χ3v) is 3.88. The minimum absolute atomic E-state index is 0.149. The fraction of sp³-hybridized carbons (Fsp3) is 0.500. The Morgan fingerprint density at radius 3 is 2.62 bits per heavy atom. The number of aliphatic hydroxyl groups is 1. The Morgan fingerprint density at radius 2 is 2.05 bits per heavy atom. The zero-order valence-electron chi connectivity index (χ0n) is 12.0. The lowest BCUT2D eigenvalue weighted by atomic mass is 10.1. The van der Waals surface area contributed by atoms with E-state index in [1.54, 1.807) is 12.1 Å². The molecule has 21 heavy (non-hydrogen) atoms. The van der Waals surface area contributed by atoms with Crippen LogP contribution in [0.5, 0.6) is 0 Å². The van der Waals surface area contributed by atoms with Gasteiger partial charge in [0.1, 0.15) is 0 Å². The zero-order chi connectivity index (χ0) is 15.4. The lowest BCUT2D eigenvalue weighted by molar-refractivity contribution is 0.0601. The van der Waals surface area contributed by atoms with Crippen LogP contribution in [0.1, 0.15) is 10.4 Å². The van der Waals surface area contributed by atoms with Gasteiger partial charge >= 0.3 is 5.97 Å². The summed E-state index contributed by atoms with van der Waals surface area (Å²) in [5.74, 6) is -0.447. The highest BCUT2D eigenvalue weighted by atomic mass is 35.5. The molecular formula is C14H20ClN3O3. The topological polar surface area (TPSA) is 79.0 Å². The van der Waals surface area contributed by atoms with Gasteiger partial charge < -0.3 is 20.5 Å². The summed E-state index contributed by atoms with van der Waals surface area (Å²) in [5, 5.41) is 9.42. The second-order valence-corrected chi connectivity index (χ2v) is 5.35. The molecule has 1 aliphatic rings. The average Bonchev–Trinajstić information content (AvgIpc) is 2.47. The molecule has 1 saturated heterocycles.